The maximum atomic E-state index is 12.4. The topological polar surface area (TPSA) is 143 Å². The van der Waals surface area contributed by atoms with Crippen LogP contribution in [0.15, 0.2) is 36.5 Å². The van der Waals surface area contributed by atoms with Gasteiger partial charge in [-0.1, -0.05) is 12.1 Å². The fourth-order valence-electron chi connectivity index (χ4n) is 5.71. The van der Waals surface area contributed by atoms with Gasteiger partial charge in [0.25, 0.3) is 5.91 Å². The number of nitrogens with two attached hydrogens (primary N) is 1. The summed E-state index contributed by atoms with van der Waals surface area (Å²) in [6.07, 6.45) is 6.03. The third kappa shape index (κ3) is 5.35. The van der Waals surface area contributed by atoms with Crippen LogP contribution in [-0.2, 0) is 16.0 Å². The summed E-state index contributed by atoms with van der Waals surface area (Å²) in [5.74, 6) is 0.248. The number of aromatic nitrogens is 4. The van der Waals surface area contributed by atoms with Gasteiger partial charge in [0.05, 0.1) is 13.2 Å². The average molecular weight is 519 g/mol. The lowest BCUT2D eigenvalue weighted by molar-refractivity contribution is -0.0342. The zero-order valence-corrected chi connectivity index (χ0v) is 21.4. The molecule has 0 radical (unpaired) electrons. The number of morpholine rings is 1. The van der Waals surface area contributed by atoms with E-state index in [1.807, 2.05) is 12.1 Å². The van der Waals surface area contributed by atoms with Gasteiger partial charge in [0.2, 0.25) is 0 Å². The van der Waals surface area contributed by atoms with Crippen LogP contribution in [0.1, 0.15) is 41.7 Å². The Kier molecular flexibility index (Phi) is 6.96. The Balaban J connectivity index is 1.23. The van der Waals surface area contributed by atoms with Crippen molar-refractivity contribution in [1.82, 2.24) is 25.1 Å². The molecule has 1 spiro atoms. The van der Waals surface area contributed by atoms with E-state index in [2.05, 4.69) is 42.8 Å². The van der Waals surface area contributed by atoms with Crippen LogP contribution in [0.4, 0.5) is 17.3 Å². The second-order valence-electron chi connectivity index (χ2n) is 10.5. The fourth-order valence-corrected chi connectivity index (χ4v) is 5.71. The van der Waals surface area contributed by atoms with Gasteiger partial charge in [-0.2, -0.15) is 5.10 Å². The number of anilines is 3. The molecule has 3 fully saturated rings. The molecule has 2 aliphatic heterocycles. The van der Waals surface area contributed by atoms with E-state index in [0.717, 1.165) is 77.4 Å². The molecule has 0 bridgehead atoms. The Hall–Kier alpha value is -3.54. The number of primary amides is 1. The molecule has 0 atom stereocenters. The number of aromatic amines is 1. The first kappa shape index (κ1) is 24.8. The number of hydrogen-bond acceptors (Lipinski definition) is 9. The largest absolute Gasteiger partial charge is 0.381 e. The van der Waals surface area contributed by atoms with Gasteiger partial charge in [0, 0.05) is 50.8 Å². The van der Waals surface area contributed by atoms with Crippen molar-refractivity contribution in [3.63, 3.8) is 0 Å². The summed E-state index contributed by atoms with van der Waals surface area (Å²) in [5.41, 5.74) is 9.28. The van der Waals surface area contributed by atoms with Gasteiger partial charge >= 0.3 is 0 Å². The van der Waals surface area contributed by atoms with Gasteiger partial charge in [0.15, 0.2) is 17.3 Å². The molecule has 38 heavy (non-hydrogen) atoms. The summed E-state index contributed by atoms with van der Waals surface area (Å²) in [6.45, 7) is 5.95. The maximum Gasteiger partial charge on any atom is 0.271 e. The molecule has 3 aromatic rings. The molecule has 2 aromatic heterocycles. The van der Waals surface area contributed by atoms with E-state index in [1.54, 1.807) is 12.3 Å². The maximum absolute atomic E-state index is 12.4. The van der Waals surface area contributed by atoms with Gasteiger partial charge in [-0.05, 0) is 54.9 Å². The number of hydrogen-bond donors (Lipinski definition) is 4. The number of benzene rings is 1. The van der Waals surface area contributed by atoms with Gasteiger partial charge in [-0.3, -0.25) is 14.8 Å². The van der Waals surface area contributed by atoms with Crippen LogP contribution < -0.4 is 16.4 Å². The second kappa shape index (κ2) is 10.7. The quantitative estimate of drug-likeness (QED) is 0.354. The van der Waals surface area contributed by atoms with Crippen LogP contribution in [0.25, 0.3) is 11.4 Å². The normalized spacial score (nSPS) is 19.7. The van der Waals surface area contributed by atoms with Gasteiger partial charge in [-0.25, -0.2) is 9.97 Å². The van der Waals surface area contributed by atoms with Crippen LogP contribution in [0, 0.1) is 5.41 Å². The highest BCUT2D eigenvalue weighted by Gasteiger charge is 2.45. The molecule has 1 saturated carbocycles. The van der Waals surface area contributed by atoms with Crippen LogP contribution in [-0.4, -0.2) is 76.5 Å². The van der Waals surface area contributed by atoms with E-state index in [9.17, 15) is 4.79 Å². The van der Waals surface area contributed by atoms with Gasteiger partial charge < -0.3 is 25.8 Å². The van der Waals surface area contributed by atoms with E-state index in [0.29, 0.717) is 28.4 Å². The van der Waals surface area contributed by atoms with Crippen molar-refractivity contribution >= 4 is 23.2 Å². The summed E-state index contributed by atoms with van der Waals surface area (Å²) in [4.78, 5) is 24.3. The van der Waals surface area contributed by atoms with Crippen LogP contribution in [0.3, 0.4) is 0 Å². The third-order valence-corrected chi connectivity index (χ3v) is 7.85. The molecule has 6 rings (SSSR count). The van der Waals surface area contributed by atoms with E-state index < -0.39 is 5.91 Å². The highest BCUT2D eigenvalue weighted by Crippen LogP contribution is 2.49. The summed E-state index contributed by atoms with van der Waals surface area (Å²) in [7, 11) is 0. The molecule has 1 aromatic carbocycles. The number of nitrogens with zero attached hydrogens (tertiary/aromatic N) is 4. The average Bonchev–Trinajstić information content (AvgIpc) is 3.45. The van der Waals surface area contributed by atoms with Crippen molar-refractivity contribution in [3.05, 3.63) is 47.8 Å². The zero-order chi connectivity index (χ0) is 26.0. The summed E-state index contributed by atoms with van der Waals surface area (Å²) < 4.78 is 11.0. The fraction of sp³-hybridized carbons (Fsp3) is 0.481. The molecule has 1 aliphatic carbocycles. The SMILES string of the molecule is NC(=O)c1nc(-c2cc[nH]n2)c(NC2CC3(CCOCC3)C2)nc1Nc1ccc(CN2CCOCC2)cc1. The second-order valence-corrected chi connectivity index (χ2v) is 10.5. The standard InChI is InChI=1S/C27H34N8O3/c28-24(36)23-26(30-19-3-1-18(2-4-19)17-35-9-13-38-14-10-35)33-25(22(32-23)21-5-8-29-34-21)31-20-15-27(16-20)6-11-37-12-7-27/h1-5,8,20H,6-7,9-17H2,(H2,28,36)(H,29,34)(H2,30,31,33). The molecule has 3 aliphatic rings. The van der Waals surface area contributed by atoms with Gasteiger partial charge in [0.1, 0.15) is 11.4 Å². The molecule has 11 heteroatoms. The predicted octanol–water partition coefficient (Wildman–Crippen LogP) is 2.91. The first-order chi connectivity index (χ1) is 18.6. The lowest BCUT2D eigenvalue weighted by Gasteiger charge is -2.50. The minimum Gasteiger partial charge on any atom is -0.381 e. The van der Waals surface area contributed by atoms with E-state index in [-0.39, 0.29) is 11.7 Å². The predicted molar refractivity (Wildman–Crippen MR) is 143 cm³/mol. The Bertz CT molecular complexity index is 1240. The molecule has 1 amide bonds. The monoisotopic (exact) mass is 518 g/mol. The molecule has 200 valence electrons. The number of H-pyrrole nitrogens is 1. The first-order valence-corrected chi connectivity index (χ1v) is 13.3. The minimum absolute atomic E-state index is 0.0699. The number of nitrogens with one attached hydrogen (secondary N) is 3. The van der Waals surface area contributed by atoms with Crippen LogP contribution >= 0.6 is 0 Å². The Morgan fingerprint density at radius 3 is 2.45 bits per heavy atom. The highest BCUT2D eigenvalue weighted by molar-refractivity contribution is 5.97. The minimum atomic E-state index is -0.655. The Labute approximate surface area is 221 Å². The first-order valence-electron chi connectivity index (χ1n) is 13.3. The van der Waals surface area contributed by atoms with E-state index in [1.165, 1.54) is 5.56 Å². The number of rotatable bonds is 8. The highest BCUT2D eigenvalue weighted by atomic mass is 16.5. The number of amides is 1. The molecular formula is C27H34N8O3. The Morgan fingerprint density at radius 2 is 1.76 bits per heavy atom. The lowest BCUT2D eigenvalue weighted by atomic mass is 9.61. The molecule has 5 N–H and O–H groups in total. The summed E-state index contributed by atoms with van der Waals surface area (Å²) in [6, 6.07) is 10.2. The molecular weight excluding hydrogens is 484 g/mol. The van der Waals surface area contributed by atoms with Crippen molar-refractivity contribution in [3.8, 4) is 11.4 Å². The van der Waals surface area contributed by atoms with Crippen molar-refractivity contribution < 1.29 is 14.3 Å². The number of carbonyl (C=O) groups excluding carboxylic acids is 1. The van der Waals surface area contributed by atoms with Crippen molar-refractivity contribution in [2.24, 2.45) is 11.1 Å². The Morgan fingerprint density at radius 1 is 1.03 bits per heavy atom. The van der Waals surface area contributed by atoms with Crippen molar-refractivity contribution in [2.75, 3.05) is 50.2 Å². The molecule has 0 unspecified atom stereocenters. The van der Waals surface area contributed by atoms with E-state index >= 15 is 0 Å². The summed E-state index contributed by atoms with van der Waals surface area (Å²) >= 11 is 0. The van der Waals surface area contributed by atoms with Crippen LogP contribution in [0.2, 0.25) is 0 Å². The lowest BCUT2D eigenvalue weighted by Crippen LogP contribution is -2.48. The smallest absolute Gasteiger partial charge is 0.271 e. The van der Waals surface area contributed by atoms with Crippen molar-refractivity contribution in [1.29, 1.82) is 0 Å². The van der Waals surface area contributed by atoms with Gasteiger partial charge in [-0.15, -0.1) is 0 Å². The molecule has 11 nitrogen and oxygen atoms in total. The summed E-state index contributed by atoms with van der Waals surface area (Å²) in [5, 5.41) is 14.0. The zero-order valence-electron chi connectivity index (χ0n) is 21.4. The molecule has 2 saturated heterocycles. The van der Waals surface area contributed by atoms with E-state index in [4.69, 9.17) is 20.2 Å². The van der Waals surface area contributed by atoms with Crippen LogP contribution in [0.5, 0.6) is 0 Å². The molecule has 4 heterocycles. The number of ether oxygens (including phenoxy) is 2. The third-order valence-electron chi connectivity index (χ3n) is 7.85. The number of carbonyl (C=O) groups is 1. The van der Waals surface area contributed by atoms with Crippen molar-refractivity contribution in [2.45, 2.75) is 38.3 Å².